The van der Waals surface area contributed by atoms with Crippen LogP contribution in [0.25, 0.3) is 0 Å². The van der Waals surface area contributed by atoms with E-state index in [-0.39, 0.29) is 24.1 Å². The summed E-state index contributed by atoms with van der Waals surface area (Å²) < 4.78 is 5.04. The summed E-state index contributed by atoms with van der Waals surface area (Å²) in [6.07, 6.45) is 0.540. The molecule has 0 fully saturated rings. The van der Waals surface area contributed by atoms with Gasteiger partial charge < -0.3 is 15.4 Å². The van der Waals surface area contributed by atoms with Gasteiger partial charge in [0.2, 0.25) is 11.0 Å². The predicted molar refractivity (Wildman–Crippen MR) is 76.4 cm³/mol. The molecule has 0 atom stereocenters. The molecule has 1 heterocycles. The highest BCUT2D eigenvalue weighted by Crippen LogP contribution is 2.27. The number of anilines is 1. The van der Waals surface area contributed by atoms with Crippen molar-refractivity contribution >= 4 is 29.2 Å². The van der Waals surface area contributed by atoms with Gasteiger partial charge in [0.05, 0.1) is 4.92 Å². The van der Waals surface area contributed by atoms with E-state index in [4.69, 9.17) is 16.3 Å². The molecular formula is C11H16ClN5O4. The van der Waals surface area contributed by atoms with Gasteiger partial charge in [-0.3, -0.25) is 10.1 Å². The van der Waals surface area contributed by atoms with Crippen molar-refractivity contribution in [2.75, 3.05) is 18.4 Å². The van der Waals surface area contributed by atoms with Crippen LogP contribution in [-0.4, -0.2) is 39.7 Å². The van der Waals surface area contributed by atoms with Gasteiger partial charge in [0, 0.05) is 13.1 Å². The van der Waals surface area contributed by atoms with E-state index in [1.54, 1.807) is 20.8 Å². The average Bonchev–Trinajstić information content (AvgIpc) is 2.32. The summed E-state index contributed by atoms with van der Waals surface area (Å²) in [5.41, 5.74) is -0.993. The third-order valence-corrected chi connectivity index (χ3v) is 2.32. The van der Waals surface area contributed by atoms with Crippen molar-refractivity contribution in [1.82, 2.24) is 15.3 Å². The van der Waals surface area contributed by atoms with Gasteiger partial charge in [-0.15, -0.1) is 0 Å². The minimum atomic E-state index is -0.675. The van der Waals surface area contributed by atoms with Crippen LogP contribution in [0.3, 0.4) is 0 Å². The maximum absolute atomic E-state index is 11.4. The van der Waals surface area contributed by atoms with E-state index in [0.29, 0.717) is 0 Å². The number of aromatic nitrogens is 2. The molecule has 0 aliphatic rings. The highest BCUT2D eigenvalue weighted by Gasteiger charge is 2.21. The third kappa shape index (κ3) is 5.78. The Kier molecular flexibility index (Phi) is 5.65. The zero-order valence-electron chi connectivity index (χ0n) is 11.8. The summed E-state index contributed by atoms with van der Waals surface area (Å²) in [4.78, 5) is 28.8. The van der Waals surface area contributed by atoms with Gasteiger partial charge in [0.15, 0.2) is 0 Å². The zero-order valence-corrected chi connectivity index (χ0v) is 12.6. The molecule has 0 bridgehead atoms. The second kappa shape index (κ2) is 7.02. The van der Waals surface area contributed by atoms with E-state index < -0.39 is 22.3 Å². The number of nitrogens with one attached hydrogen (secondary N) is 2. The van der Waals surface area contributed by atoms with Crippen LogP contribution in [0.4, 0.5) is 16.3 Å². The highest BCUT2D eigenvalue weighted by atomic mass is 35.5. The molecule has 0 saturated carbocycles. The molecule has 1 aromatic heterocycles. The molecule has 0 aliphatic carbocycles. The van der Waals surface area contributed by atoms with Crippen LogP contribution in [0.1, 0.15) is 20.8 Å². The van der Waals surface area contributed by atoms with Crippen LogP contribution in [-0.2, 0) is 4.74 Å². The normalized spacial score (nSPS) is 10.9. The van der Waals surface area contributed by atoms with E-state index >= 15 is 0 Å². The van der Waals surface area contributed by atoms with Crippen molar-refractivity contribution in [3.8, 4) is 0 Å². The number of ether oxygens (including phenoxy) is 1. The number of amides is 1. The smallest absolute Gasteiger partial charge is 0.407 e. The lowest BCUT2D eigenvalue weighted by Gasteiger charge is -2.19. The Bertz CT molecular complexity index is 532. The van der Waals surface area contributed by atoms with Crippen LogP contribution in [0.5, 0.6) is 0 Å². The van der Waals surface area contributed by atoms with Crippen molar-refractivity contribution < 1.29 is 14.5 Å². The summed E-state index contributed by atoms with van der Waals surface area (Å²) >= 11 is 5.64. The molecule has 9 nitrogen and oxygen atoms in total. The van der Waals surface area contributed by atoms with E-state index in [2.05, 4.69) is 20.6 Å². The van der Waals surface area contributed by atoms with Gasteiger partial charge in [-0.25, -0.2) is 14.8 Å². The summed E-state index contributed by atoms with van der Waals surface area (Å²) in [7, 11) is 0. The first-order chi connectivity index (χ1) is 9.70. The molecule has 0 aliphatic heterocycles. The number of carbonyl (C=O) groups is 1. The standard InChI is InChI=1S/C11H16ClN5O4/c1-11(2,3)21-10(18)14-5-4-13-9-7(17(19)20)8(12)15-6-16-9/h6H,4-5H2,1-3H3,(H,14,18)(H,13,15,16). The number of halogens is 1. The van der Waals surface area contributed by atoms with Gasteiger partial charge in [-0.05, 0) is 20.8 Å². The second-order valence-corrected chi connectivity index (χ2v) is 5.33. The fourth-order valence-corrected chi connectivity index (χ4v) is 1.51. The van der Waals surface area contributed by atoms with Gasteiger partial charge in [-0.2, -0.15) is 0 Å². The number of hydrogen-bond donors (Lipinski definition) is 2. The van der Waals surface area contributed by atoms with E-state index in [0.717, 1.165) is 6.33 Å². The first-order valence-electron chi connectivity index (χ1n) is 6.06. The Morgan fingerprint density at radius 3 is 2.67 bits per heavy atom. The average molecular weight is 318 g/mol. The fraction of sp³-hybridized carbons (Fsp3) is 0.545. The van der Waals surface area contributed by atoms with Crippen molar-refractivity contribution in [3.05, 3.63) is 21.6 Å². The van der Waals surface area contributed by atoms with Crippen molar-refractivity contribution in [3.63, 3.8) is 0 Å². The molecule has 0 radical (unpaired) electrons. The molecule has 0 aromatic carbocycles. The largest absolute Gasteiger partial charge is 0.444 e. The SMILES string of the molecule is CC(C)(C)OC(=O)NCCNc1ncnc(Cl)c1[N+](=O)[O-]. The lowest BCUT2D eigenvalue weighted by Crippen LogP contribution is -2.35. The van der Waals surface area contributed by atoms with Crippen LogP contribution >= 0.6 is 11.6 Å². The molecule has 1 rings (SSSR count). The number of nitro groups is 1. The number of nitrogens with zero attached hydrogens (tertiary/aromatic N) is 3. The van der Waals surface area contributed by atoms with Crippen LogP contribution < -0.4 is 10.6 Å². The molecule has 0 unspecified atom stereocenters. The number of alkyl carbamates (subject to hydrolysis) is 1. The van der Waals surface area contributed by atoms with Crippen LogP contribution in [0.15, 0.2) is 6.33 Å². The molecule has 1 aromatic rings. The maximum Gasteiger partial charge on any atom is 0.407 e. The van der Waals surface area contributed by atoms with Crippen LogP contribution in [0.2, 0.25) is 5.15 Å². The molecule has 0 saturated heterocycles. The lowest BCUT2D eigenvalue weighted by atomic mass is 10.2. The number of carbonyl (C=O) groups excluding carboxylic acids is 1. The molecular weight excluding hydrogens is 302 g/mol. The molecule has 0 spiro atoms. The minimum absolute atomic E-state index is 0.00834. The first-order valence-corrected chi connectivity index (χ1v) is 6.44. The predicted octanol–water partition coefficient (Wildman–Crippen LogP) is 1.97. The first kappa shape index (κ1) is 16.9. The summed E-state index contributed by atoms with van der Waals surface area (Å²) in [5.74, 6) is -0.00834. The Labute approximate surface area is 126 Å². The zero-order chi connectivity index (χ0) is 16.0. The van der Waals surface area contributed by atoms with Crippen molar-refractivity contribution in [2.24, 2.45) is 0 Å². The maximum atomic E-state index is 11.4. The minimum Gasteiger partial charge on any atom is -0.444 e. The summed E-state index contributed by atoms with van der Waals surface area (Å²) in [6.45, 7) is 5.66. The van der Waals surface area contributed by atoms with Gasteiger partial charge >= 0.3 is 11.8 Å². The van der Waals surface area contributed by atoms with Crippen LogP contribution in [0, 0.1) is 10.1 Å². The Hall–Kier alpha value is -2.16. The summed E-state index contributed by atoms with van der Waals surface area (Å²) in [5, 5.41) is 15.8. The molecule has 1 amide bonds. The Morgan fingerprint density at radius 1 is 1.43 bits per heavy atom. The quantitative estimate of drug-likeness (QED) is 0.368. The number of hydrogen-bond acceptors (Lipinski definition) is 7. The van der Waals surface area contributed by atoms with Gasteiger partial charge in [0.25, 0.3) is 0 Å². The van der Waals surface area contributed by atoms with Crippen molar-refractivity contribution in [1.29, 1.82) is 0 Å². The lowest BCUT2D eigenvalue weighted by molar-refractivity contribution is -0.384. The molecule has 116 valence electrons. The molecule has 10 heteroatoms. The fourth-order valence-electron chi connectivity index (χ4n) is 1.31. The van der Waals surface area contributed by atoms with E-state index in [1.807, 2.05) is 0 Å². The third-order valence-electron chi connectivity index (χ3n) is 2.05. The van der Waals surface area contributed by atoms with Gasteiger partial charge in [0.1, 0.15) is 11.9 Å². The van der Waals surface area contributed by atoms with Crippen molar-refractivity contribution in [2.45, 2.75) is 26.4 Å². The van der Waals surface area contributed by atoms with E-state index in [1.165, 1.54) is 0 Å². The molecule has 21 heavy (non-hydrogen) atoms. The van der Waals surface area contributed by atoms with E-state index in [9.17, 15) is 14.9 Å². The number of rotatable bonds is 5. The molecule has 2 N–H and O–H groups in total. The van der Waals surface area contributed by atoms with Gasteiger partial charge in [-0.1, -0.05) is 11.6 Å². The monoisotopic (exact) mass is 317 g/mol. The highest BCUT2D eigenvalue weighted by molar-refractivity contribution is 6.31. The topological polar surface area (TPSA) is 119 Å². The summed E-state index contributed by atoms with van der Waals surface area (Å²) in [6, 6.07) is 0. The Morgan fingerprint density at radius 2 is 2.10 bits per heavy atom. The second-order valence-electron chi connectivity index (χ2n) is 4.97. The Balaban J connectivity index is 2.49.